The fraction of sp³-hybridized carbons (Fsp3) is 0.320. The van der Waals surface area contributed by atoms with Gasteiger partial charge in [0, 0.05) is 11.5 Å². The normalized spacial score (nSPS) is 14.2. The summed E-state index contributed by atoms with van der Waals surface area (Å²) in [5.41, 5.74) is 4.73. The minimum atomic E-state index is -1.00. The maximum atomic E-state index is 12.6. The van der Waals surface area contributed by atoms with E-state index in [4.69, 9.17) is 14.7 Å². The van der Waals surface area contributed by atoms with Gasteiger partial charge in [0.2, 0.25) is 5.91 Å². The van der Waals surface area contributed by atoms with Crippen LogP contribution in [-0.2, 0) is 17.6 Å². The van der Waals surface area contributed by atoms with Gasteiger partial charge in [0.1, 0.15) is 17.5 Å². The van der Waals surface area contributed by atoms with Crippen LogP contribution in [0, 0.1) is 5.92 Å². The minimum absolute atomic E-state index is 0.126. The fourth-order valence-electron chi connectivity index (χ4n) is 3.76. The first kappa shape index (κ1) is 21.0. The molecule has 0 aliphatic heterocycles. The molecule has 160 valence electrons. The van der Waals surface area contributed by atoms with Gasteiger partial charge in [-0.05, 0) is 48.6 Å². The molecular formula is C25H27N3O3. The van der Waals surface area contributed by atoms with Crippen molar-refractivity contribution in [1.29, 1.82) is 0 Å². The molecule has 1 aromatic heterocycles. The van der Waals surface area contributed by atoms with E-state index in [1.54, 1.807) is 7.11 Å². The number of carbonyl (C=O) groups excluding carboxylic acids is 1. The molecule has 1 aliphatic carbocycles. The summed E-state index contributed by atoms with van der Waals surface area (Å²) in [5.74, 6) is 0.849. The highest BCUT2D eigenvalue weighted by Crippen LogP contribution is 2.37. The zero-order valence-electron chi connectivity index (χ0n) is 18.1. The Labute approximate surface area is 182 Å². The molecular weight excluding hydrogens is 390 g/mol. The van der Waals surface area contributed by atoms with Crippen molar-refractivity contribution in [3.05, 3.63) is 71.0 Å². The number of amides is 1. The lowest BCUT2D eigenvalue weighted by Gasteiger charge is -2.23. The third kappa shape index (κ3) is 4.16. The smallest absolute Gasteiger partial charge is 0.228 e. The highest BCUT2D eigenvalue weighted by atomic mass is 16.5. The molecule has 4 rings (SSSR count). The number of benzene rings is 2. The maximum absolute atomic E-state index is 12.6. The number of nitrogens with one attached hydrogen (secondary N) is 1. The monoisotopic (exact) mass is 417 g/mol. The van der Waals surface area contributed by atoms with Crippen molar-refractivity contribution in [3.8, 4) is 17.0 Å². The Balaban J connectivity index is 1.83. The van der Waals surface area contributed by atoms with Gasteiger partial charge in [-0.25, -0.2) is 9.97 Å². The third-order valence-corrected chi connectivity index (χ3v) is 5.87. The van der Waals surface area contributed by atoms with Crippen LogP contribution in [0.1, 0.15) is 48.9 Å². The average molecular weight is 418 g/mol. The maximum Gasteiger partial charge on any atom is 0.228 e. The summed E-state index contributed by atoms with van der Waals surface area (Å²) in [7, 11) is 1.65. The SMILES string of the molecule is CCC(C)C(=O)Nc1nc2c(nc1C(O)c1ccccc1)-c1ccc(OC)cc1CC2. The zero-order valence-corrected chi connectivity index (χ0v) is 18.1. The van der Waals surface area contributed by atoms with Gasteiger partial charge in [-0.2, -0.15) is 0 Å². The van der Waals surface area contributed by atoms with Gasteiger partial charge >= 0.3 is 0 Å². The summed E-state index contributed by atoms with van der Waals surface area (Å²) in [6.45, 7) is 3.84. The summed E-state index contributed by atoms with van der Waals surface area (Å²) < 4.78 is 5.36. The lowest BCUT2D eigenvalue weighted by Crippen LogP contribution is -2.24. The van der Waals surface area contributed by atoms with E-state index < -0.39 is 6.10 Å². The Hall–Kier alpha value is -3.25. The van der Waals surface area contributed by atoms with Crippen molar-refractivity contribution < 1.29 is 14.6 Å². The number of aliphatic hydroxyl groups excluding tert-OH is 1. The van der Waals surface area contributed by atoms with Crippen LogP contribution < -0.4 is 10.1 Å². The van der Waals surface area contributed by atoms with E-state index in [2.05, 4.69) is 5.32 Å². The molecule has 31 heavy (non-hydrogen) atoms. The van der Waals surface area contributed by atoms with Crippen molar-refractivity contribution in [3.63, 3.8) is 0 Å². The first-order chi connectivity index (χ1) is 15.0. The van der Waals surface area contributed by atoms with Gasteiger partial charge < -0.3 is 15.2 Å². The van der Waals surface area contributed by atoms with Crippen molar-refractivity contribution in [2.75, 3.05) is 12.4 Å². The van der Waals surface area contributed by atoms with Crippen molar-refractivity contribution in [2.45, 2.75) is 39.2 Å². The Morgan fingerprint density at radius 1 is 1.16 bits per heavy atom. The second kappa shape index (κ2) is 8.86. The van der Waals surface area contributed by atoms with Gasteiger partial charge in [0.25, 0.3) is 0 Å². The van der Waals surface area contributed by atoms with E-state index in [0.717, 1.165) is 41.1 Å². The fourth-order valence-corrected chi connectivity index (χ4v) is 3.76. The lowest BCUT2D eigenvalue weighted by molar-refractivity contribution is -0.119. The number of nitrogens with zero attached hydrogens (tertiary/aromatic N) is 2. The topological polar surface area (TPSA) is 84.3 Å². The molecule has 3 aromatic rings. The number of ether oxygens (including phenoxy) is 1. The molecule has 0 bridgehead atoms. The van der Waals surface area contributed by atoms with Crippen molar-refractivity contribution in [1.82, 2.24) is 9.97 Å². The number of rotatable bonds is 6. The zero-order chi connectivity index (χ0) is 22.0. The molecule has 0 saturated carbocycles. The first-order valence-electron chi connectivity index (χ1n) is 10.6. The van der Waals surface area contributed by atoms with Crippen LogP contribution in [0.3, 0.4) is 0 Å². The molecule has 6 heteroatoms. The molecule has 0 fully saturated rings. The molecule has 0 saturated heterocycles. The van der Waals surface area contributed by atoms with E-state index in [9.17, 15) is 9.90 Å². The highest BCUT2D eigenvalue weighted by molar-refractivity contribution is 5.92. The highest BCUT2D eigenvalue weighted by Gasteiger charge is 2.27. The van der Waals surface area contributed by atoms with E-state index in [1.807, 2.05) is 62.4 Å². The van der Waals surface area contributed by atoms with Crippen molar-refractivity contribution in [2.24, 2.45) is 5.92 Å². The van der Waals surface area contributed by atoms with E-state index in [-0.39, 0.29) is 11.8 Å². The molecule has 6 nitrogen and oxygen atoms in total. The Morgan fingerprint density at radius 2 is 1.94 bits per heavy atom. The predicted molar refractivity (Wildman–Crippen MR) is 120 cm³/mol. The van der Waals surface area contributed by atoms with Gasteiger partial charge in [0.15, 0.2) is 5.82 Å². The quantitative estimate of drug-likeness (QED) is 0.624. The van der Waals surface area contributed by atoms with Gasteiger partial charge in [-0.1, -0.05) is 44.2 Å². The largest absolute Gasteiger partial charge is 0.497 e. The first-order valence-corrected chi connectivity index (χ1v) is 10.6. The van der Waals surface area contributed by atoms with Gasteiger partial charge in [-0.3, -0.25) is 4.79 Å². The van der Waals surface area contributed by atoms with E-state index in [0.29, 0.717) is 23.5 Å². The second-order valence-corrected chi connectivity index (χ2v) is 7.89. The van der Waals surface area contributed by atoms with Crippen LogP contribution >= 0.6 is 0 Å². The number of methoxy groups -OCH3 is 1. The van der Waals surface area contributed by atoms with Crippen LogP contribution in [0.15, 0.2) is 48.5 Å². The Morgan fingerprint density at radius 3 is 2.65 bits per heavy atom. The number of aromatic nitrogens is 2. The molecule has 2 aromatic carbocycles. The van der Waals surface area contributed by atoms with E-state index >= 15 is 0 Å². The van der Waals surface area contributed by atoms with Crippen LogP contribution in [0.5, 0.6) is 5.75 Å². The molecule has 2 unspecified atom stereocenters. The second-order valence-electron chi connectivity index (χ2n) is 7.89. The summed E-state index contributed by atoms with van der Waals surface area (Å²) in [4.78, 5) is 22.2. The Kier molecular flexibility index (Phi) is 6.00. The van der Waals surface area contributed by atoms with Crippen LogP contribution in [0.25, 0.3) is 11.3 Å². The summed E-state index contributed by atoms with van der Waals surface area (Å²) >= 11 is 0. The third-order valence-electron chi connectivity index (χ3n) is 5.87. The number of hydrogen-bond acceptors (Lipinski definition) is 5. The molecule has 2 N–H and O–H groups in total. The molecule has 1 aliphatic rings. The van der Waals surface area contributed by atoms with Crippen LogP contribution in [-0.4, -0.2) is 28.1 Å². The number of anilines is 1. The number of aliphatic hydroxyl groups is 1. The molecule has 0 spiro atoms. The standard InChI is InChI=1S/C25H27N3O3/c1-4-15(2)25(30)28-24-22(23(29)16-8-6-5-7-9-16)27-21-19-12-11-18(31-3)14-17(19)10-13-20(21)26-24/h5-9,11-12,14-15,23,29H,4,10,13H2,1-3H3,(H,26,28,30). The van der Waals surface area contributed by atoms with Crippen LogP contribution in [0.2, 0.25) is 0 Å². The molecule has 2 atom stereocenters. The van der Waals surface area contributed by atoms with Gasteiger partial charge in [0.05, 0.1) is 18.5 Å². The molecule has 1 heterocycles. The molecule has 1 amide bonds. The average Bonchev–Trinajstić information content (AvgIpc) is 2.82. The summed E-state index contributed by atoms with van der Waals surface area (Å²) in [6, 6.07) is 15.2. The number of hydrogen-bond donors (Lipinski definition) is 2. The summed E-state index contributed by atoms with van der Waals surface area (Å²) in [5, 5.41) is 14.1. The molecule has 0 radical (unpaired) electrons. The van der Waals surface area contributed by atoms with Gasteiger partial charge in [-0.15, -0.1) is 0 Å². The lowest BCUT2D eigenvalue weighted by atomic mass is 9.91. The number of aryl methyl sites for hydroxylation is 2. The van der Waals surface area contributed by atoms with E-state index in [1.165, 1.54) is 0 Å². The Bertz CT molecular complexity index is 1100. The number of carbonyl (C=O) groups is 1. The van der Waals surface area contributed by atoms with Crippen molar-refractivity contribution >= 4 is 11.7 Å². The predicted octanol–water partition coefficient (Wildman–Crippen LogP) is 4.32. The minimum Gasteiger partial charge on any atom is -0.497 e. The van der Waals surface area contributed by atoms with Crippen LogP contribution in [0.4, 0.5) is 5.82 Å². The number of fused-ring (bicyclic) bond motifs is 3. The summed E-state index contributed by atoms with van der Waals surface area (Å²) in [6.07, 6.45) is 1.23.